The highest BCUT2D eigenvalue weighted by atomic mass is 16.5. The van der Waals surface area contributed by atoms with Crippen LogP contribution in [-0.4, -0.2) is 22.5 Å². The van der Waals surface area contributed by atoms with Crippen LogP contribution in [0, 0.1) is 0 Å². The lowest BCUT2D eigenvalue weighted by Crippen LogP contribution is -2.19. The number of hydrogen-bond donors (Lipinski definition) is 1. The van der Waals surface area contributed by atoms with Crippen molar-refractivity contribution in [3.8, 4) is 0 Å². The Morgan fingerprint density at radius 3 is 3.12 bits per heavy atom. The van der Waals surface area contributed by atoms with E-state index in [1.54, 1.807) is 25.4 Å². The summed E-state index contributed by atoms with van der Waals surface area (Å²) in [6.45, 7) is 1.93. The zero-order chi connectivity index (χ0) is 11.5. The van der Waals surface area contributed by atoms with Crippen LogP contribution >= 0.6 is 0 Å². The molecular weight excluding hydrogens is 208 g/mol. The summed E-state index contributed by atoms with van der Waals surface area (Å²) in [5.74, 6) is -0.616. The Labute approximate surface area is 91.1 Å². The average molecular weight is 218 g/mol. The maximum absolute atomic E-state index is 11.6. The Kier molecular flexibility index (Phi) is 2.68. The number of pyridine rings is 2. The molecule has 0 aliphatic carbocycles. The van der Waals surface area contributed by atoms with Crippen LogP contribution in [0.1, 0.15) is 17.3 Å². The number of ether oxygens (including phenoxy) is 1. The van der Waals surface area contributed by atoms with Gasteiger partial charge in [-0.05, 0) is 19.1 Å². The summed E-state index contributed by atoms with van der Waals surface area (Å²) in [4.78, 5) is 29.5. The van der Waals surface area contributed by atoms with Crippen LogP contribution in [0.15, 0.2) is 29.3 Å². The van der Waals surface area contributed by atoms with Gasteiger partial charge in [0.25, 0.3) is 5.56 Å². The van der Waals surface area contributed by atoms with Crippen LogP contribution in [0.4, 0.5) is 0 Å². The van der Waals surface area contributed by atoms with Crippen molar-refractivity contribution < 1.29 is 9.53 Å². The molecule has 5 heteroatoms. The lowest BCUT2D eigenvalue weighted by molar-refractivity contribution is 0.0524. The standard InChI is InChI=1S/C11H10N2O3/c1-2-16-11(15)8-5-7-6-12-4-3-9(7)13-10(8)14/h3-6H,2H2,1H3,(H,13,14). The molecule has 0 bridgehead atoms. The van der Waals surface area contributed by atoms with E-state index in [1.165, 1.54) is 6.07 Å². The third kappa shape index (κ3) is 1.79. The first kappa shape index (κ1) is 10.4. The second-order valence-electron chi connectivity index (χ2n) is 3.20. The summed E-state index contributed by atoms with van der Waals surface area (Å²) in [7, 11) is 0. The van der Waals surface area contributed by atoms with Gasteiger partial charge in [0.1, 0.15) is 5.56 Å². The summed E-state index contributed by atoms with van der Waals surface area (Å²) in [5.41, 5.74) is 0.201. The van der Waals surface area contributed by atoms with Crippen molar-refractivity contribution in [2.45, 2.75) is 6.92 Å². The second kappa shape index (κ2) is 4.14. The van der Waals surface area contributed by atoms with Crippen molar-refractivity contribution in [2.24, 2.45) is 0 Å². The quantitative estimate of drug-likeness (QED) is 0.766. The molecule has 2 heterocycles. The fraction of sp³-hybridized carbons (Fsp3) is 0.182. The molecule has 0 aliphatic rings. The molecule has 1 N–H and O–H groups in total. The number of H-pyrrole nitrogens is 1. The Morgan fingerprint density at radius 1 is 1.56 bits per heavy atom. The van der Waals surface area contributed by atoms with Crippen LogP contribution in [0.3, 0.4) is 0 Å². The van der Waals surface area contributed by atoms with Crippen LogP contribution in [0.25, 0.3) is 10.9 Å². The summed E-state index contributed by atoms with van der Waals surface area (Å²) < 4.78 is 4.78. The van der Waals surface area contributed by atoms with E-state index in [9.17, 15) is 9.59 Å². The van der Waals surface area contributed by atoms with E-state index >= 15 is 0 Å². The summed E-state index contributed by atoms with van der Waals surface area (Å²) >= 11 is 0. The Hall–Kier alpha value is -2.17. The molecule has 16 heavy (non-hydrogen) atoms. The predicted octanol–water partition coefficient (Wildman–Crippen LogP) is 1.10. The molecule has 0 saturated heterocycles. The predicted molar refractivity (Wildman–Crippen MR) is 58.3 cm³/mol. The van der Waals surface area contributed by atoms with E-state index in [4.69, 9.17) is 4.74 Å². The molecule has 0 fully saturated rings. The minimum atomic E-state index is -0.616. The van der Waals surface area contributed by atoms with Crippen LogP contribution in [0.2, 0.25) is 0 Å². The molecule has 0 spiro atoms. The molecule has 82 valence electrons. The third-order valence-electron chi connectivity index (χ3n) is 2.14. The Balaban J connectivity index is 2.58. The van der Waals surface area contributed by atoms with Crippen molar-refractivity contribution >= 4 is 16.9 Å². The molecule has 2 aromatic heterocycles. The molecule has 0 radical (unpaired) electrons. The number of rotatable bonds is 2. The van der Waals surface area contributed by atoms with Gasteiger partial charge >= 0.3 is 5.97 Å². The zero-order valence-electron chi connectivity index (χ0n) is 8.69. The molecule has 0 saturated carbocycles. The number of nitrogens with one attached hydrogen (secondary N) is 1. The van der Waals surface area contributed by atoms with Crippen LogP contribution in [0.5, 0.6) is 0 Å². The van der Waals surface area contributed by atoms with Gasteiger partial charge < -0.3 is 9.72 Å². The number of nitrogens with zero attached hydrogens (tertiary/aromatic N) is 1. The number of aromatic nitrogens is 2. The lowest BCUT2D eigenvalue weighted by Gasteiger charge is -2.02. The highest BCUT2D eigenvalue weighted by Gasteiger charge is 2.12. The molecule has 2 rings (SSSR count). The minimum absolute atomic E-state index is 0.00218. The van der Waals surface area contributed by atoms with Gasteiger partial charge in [0, 0.05) is 17.8 Å². The summed E-state index contributed by atoms with van der Waals surface area (Å²) in [6.07, 6.45) is 3.15. The van der Waals surface area contributed by atoms with Crippen molar-refractivity contribution in [1.29, 1.82) is 0 Å². The number of hydrogen-bond acceptors (Lipinski definition) is 4. The van der Waals surface area contributed by atoms with Crippen molar-refractivity contribution in [3.63, 3.8) is 0 Å². The van der Waals surface area contributed by atoms with Gasteiger partial charge in [-0.3, -0.25) is 9.78 Å². The Bertz CT molecular complexity index is 589. The second-order valence-corrected chi connectivity index (χ2v) is 3.20. The highest BCUT2D eigenvalue weighted by Crippen LogP contribution is 2.08. The van der Waals surface area contributed by atoms with Crippen molar-refractivity contribution in [2.75, 3.05) is 6.61 Å². The molecule has 0 aliphatic heterocycles. The van der Waals surface area contributed by atoms with Gasteiger partial charge in [-0.25, -0.2) is 4.79 Å². The lowest BCUT2D eigenvalue weighted by atomic mass is 10.2. The first-order chi connectivity index (χ1) is 7.72. The van der Waals surface area contributed by atoms with E-state index in [1.807, 2.05) is 0 Å². The normalized spacial score (nSPS) is 10.3. The molecule has 0 aromatic carbocycles. The fourth-order valence-electron chi connectivity index (χ4n) is 1.41. The van der Waals surface area contributed by atoms with Gasteiger partial charge in [-0.2, -0.15) is 0 Å². The summed E-state index contributed by atoms with van der Waals surface area (Å²) in [5, 5.41) is 0.699. The van der Waals surface area contributed by atoms with Crippen LogP contribution < -0.4 is 5.56 Å². The average Bonchev–Trinajstić information content (AvgIpc) is 2.28. The maximum Gasteiger partial charge on any atom is 0.343 e. The first-order valence-corrected chi connectivity index (χ1v) is 4.86. The zero-order valence-corrected chi connectivity index (χ0v) is 8.69. The molecule has 5 nitrogen and oxygen atoms in total. The monoisotopic (exact) mass is 218 g/mol. The molecule has 2 aromatic rings. The molecule has 0 amide bonds. The van der Waals surface area contributed by atoms with Gasteiger partial charge in [0.05, 0.1) is 12.1 Å². The minimum Gasteiger partial charge on any atom is -0.462 e. The van der Waals surface area contributed by atoms with Gasteiger partial charge in [0.15, 0.2) is 0 Å². The van der Waals surface area contributed by atoms with E-state index in [2.05, 4.69) is 9.97 Å². The van der Waals surface area contributed by atoms with Gasteiger partial charge in [-0.15, -0.1) is 0 Å². The Morgan fingerprint density at radius 2 is 2.38 bits per heavy atom. The number of carbonyl (C=O) groups is 1. The van der Waals surface area contributed by atoms with Gasteiger partial charge in [-0.1, -0.05) is 0 Å². The smallest absolute Gasteiger partial charge is 0.343 e. The fourth-order valence-corrected chi connectivity index (χ4v) is 1.41. The third-order valence-corrected chi connectivity index (χ3v) is 2.14. The highest BCUT2D eigenvalue weighted by molar-refractivity contribution is 5.93. The van der Waals surface area contributed by atoms with E-state index in [-0.39, 0.29) is 12.2 Å². The van der Waals surface area contributed by atoms with Crippen molar-refractivity contribution in [1.82, 2.24) is 9.97 Å². The van der Waals surface area contributed by atoms with E-state index in [0.717, 1.165) is 0 Å². The number of fused-ring (bicyclic) bond motifs is 1. The van der Waals surface area contributed by atoms with Crippen molar-refractivity contribution in [3.05, 3.63) is 40.4 Å². The number of aromatic amines is 1. The van der Waals surface area contributed by atoms with Gasteiger partial charge in [0.2, 0.25) is 0 Å². The largest absolute Gasteiger partial charge is 0.462 e. The number of carbonyl (C=O) groups excluding carboxylic acids is 1. The molecular formula is C11H10N2O3. The van der Waals surface area contributed by atoms with E-state index in [0.29, 0.717) is 10.9 Å². The maximum atomic E-state index is 11.6. The molecule has 0 atom stereocenters. The number of esters is 1. The van der Waals surface area contributed by atoms with Crippen LogP contribution in [-0.2, 0) is 4.74 Å². The summed E-state index contributed by atoms with van der Waals surface area (Å²) in [6, 6.07) is 3.16. The molecule has 0 unspecified atom stereocenters. The SMILES string of the molecule is CCOC(=O)c1cc2cnccc2[nH]c1=O. The van der Waals surface area contributed by atoms with E-state index < -0.39 is 11.5 Å². The first-order valence-electron chi connectivity index (χ1n) is 4.86. The topological polar surface area (TPSA) is 72.0 Å².